The SMILES string of the molecule is Fc1cccc2c(CCN3CCCCC3)c(-c3ccccc3)[nH]c12. The maximum Gasteiger partial charge on any atom is 0.147 e. The number of hydrogen-bond donors (Lipinski definition) is 1. The molecule has 3 heteroatoms. The Bertz CT molecular complexity index is 816. The van der Waals surface area contributed by atoms with Gasteiger partial charge in [0.05, 0.1) is 5.52 Å². The summed E-state index contributed by atoms with van der Waals surface area (Å²) in [4.78, 5) is 5.88. The minimum Gasteiger partial charge on any atom is -0.352 e. The number of likely N-dealkylation sites (tertiary alicyclic amines) is 1. The molecule has 0 bridgehead atoms. The average Bonchev–Trinajstić information content (AvgIpc) is 3.02. The number of nitrogens with zero attached hydrogens (tertiary/aromatic N) is 1. The predicted molar refractivity (Wildman–Crippen MR) is 97.7 cm³/mol. The van der Waals surface area contributed by atoms with Crippen LogP contribution in [0.2, 0.25) is 0 Å². The van der Waals surface area contributed by atoms with Crippen LogP contribution in [-0.2, 0) is 6.42 Å². The third-order valence-electron chi connectivity index (χ3n) is 5.08. The number of aromatic amines is 1. The summed E-state index contributed by atoms with van der Waals surface area (Å²) in [5.74, 6) is -0.172. The van der Waals surface area contributed by atoms with Gasteiger partial charge in [-0.05, 0) is 49.5 Å². The number of aromatic nitrogens is 1. The summed E-state index contributed by atoms with van der Waals surface area (Å²) in [6.07, 6.45) is 4.90. The summed E-state index contributed by atoms with van der Waals surface area (Å²) in [6, 6.07) is 15.6. The molecule has 1 aliphatic heterocycles. The summed E-state index contributed by atoms with van der Waals surface area (Å²) in [6.45, 7) is 3.43. The van der Waals surface area contributed by atoms with Gasteiger partial charge >= 0.3 is 0 Å². The normalized spacial score (nSPS) is 15.9. The van der Waals surface area contributed by atoms with Gasteiger partial charge in [0.15, 0.2) is 0 Å². The van der Waals surface area contributed by atoms with E-state index in [2.05, 4.69) is 22.0 Å². The minimum atomic E-state index is -0.172. The van der Waals surface area contributed by atoms with Crippen molar-refractivity contribution in [3.05, 3.63) is 59.9 Å². The zero-order valence-corrected chi connectivity index (χ0v) is 13.9. The van der Waals surface area contributed by atoms with Gasteiger partial charge in [-0.2, -0.15) is 0 Å². The first-order chi connectivity index (χ1) is 11.8. The lowest BCUT2D eigenvalue weighted by atomic mass is 10.0. The topological polar surface area (TPSA) is 19.0 Å². The molecule has 2 heterocycles. The molecule has 0 radical (unpaired) electrons. The molecule has 4 rings (SSSR count). The van der Waals surface area contributed by atoms with E-state index in [9.17, 15) is 4.39 Å². The van der Waals surface area contributed by atoms with Crippen molar-refractivity contribution in [2.75, 3.05) is 19.6 Å². The van der Waals surface area contributed by atoms with Crippen molar-refractivity contribution in [3.63, 3.8) is 0 Å². The van der Waals surface area contributed by atoms with Crippen LogP contribution < -0.4 is 0 Å². The van der Waals surface area contributed by atoms with Crippen LogP contribution in [0.1, 0.15) is 24.8 Å². The highest BCUT2D eigenvalue weighted by Gasteiger charge is 2.17. The molecule has 0 saturated carbocycles. The number of nitrogens with one attached hydrogen (secondary N) is 1. The summed E-state index contributed by atoms with van der Waals surface area (Å²) in [5.41, 5.74) is 4.06. The maximum absolute atomic E-state index is 14.2. The van der Waals surface area contributed by atoms with E-state index in [-0.39, 0.29) is 5.82 Å². The fraction of sp³-hybridized carbons (Fsp3) is 0.333. The Morgan fingerprint density at radius 2 is 1.71 bits per heavy atom. The number of fused-ring (bicyclic) bond motifs is 1. The van der Waals surface area contributed by atoms with Crippen molar-refractivity contribution < 1.29 is 4.39 Å². The highest BCUT2D eigenvalue weighted by atomic mass is 19.1. The molecule has 2 aromatic carbocycles. The van der Waals surface area contributed by atoms with Gasteiger partial charge < -0.3 is 9.88 Å². The molecule has 0 aliphatic carbocycles. The molecule has 1 saturated heterocycles. The van der Waals surface area contributed by atoms with Crippen LogP contribution in [0, 0.1) is 5.82 Å². The van der Waals surface area contributed by atoms with Crippen molar-refractivity contribution in [1.82, 2.24) is 9.88 Å². The monoisotopic (exact) mass is 322 g/mol. The molecule has 24 heavy (non-hydrogen) atoms. The van der Waals surface area contributed by atoms with Crippen LogP contribution in [0.3, 0.4) is 0 Å². The number of H-pyrrole nitrogens is 1. The molecule has 1 aliphatic rings. The third kappa shape index (κ3) is 2.96. The first-order valence-electron chi connectivity index (χ1n) is 8.90. The standard InChI is InChI=1S/C21H23FN2/c22-19-11-7-10-17-18(12-15-24-13-5-2-6-14-24)20(23-21(17)19)16-8-3-1-4-9-16/h1,3-4,7-11,23H,2,5-6,12-15H2. The van der Waals surface area contributed by atoms with Gasteiger partial charge in [0.2, 0.25) is 0 Å². The van der Waals surface area contributed by atoms with Gasteiger partial charge in [0.25, 0.3) is 0 Å². The fourth-order valence-electron chi connectivity index (χ4n) is 3.80. The average molecular weight is 322 g/mol. The summed E-state index contributed by atoms with van der Waals surface area (Å²) in [7, 11) is 0. The van der Waals surface area contributed by atoms with Gasteiger partial charge in [-0.1, -0.05) is 48.9 Å². The van der Waals surface area contributed by atoms with E-state index >= 15 is 0 Å². The molecule has 0 amide bonds. The Kier molecular flexibility index (Phi) is 4.35. The van der Waals surface area contributed by atoms with E-state index < -0.39 is 0 Å². The first kappa shape index (κ1) is 15.4. The Balaban J connectivity index is 1.72. The Morgan fingerprint density at radius 3 is 2.50 bits per heavy atom. The summed E-state index contributed by atoms with van der Waals surface area (Å²) < 4.78 is 14.2. The molecular weight excluding hydrogens is 299 g/mol. The fourth-order valence-corrected chi connectivity index (χ4v) is 3.80. The van der Waals surface area contributed by atoms with E-state index in [1.807, 2.05) is 30.3 Å². The van der Waals surface area contributed by atoms with E-state index in [1.54, 1.807) is 0 Å². The van der Waals surface area contributed by atoms with Gasteiger partial charge in [-0.3, -0.25) is 0 Å². The van der Waals surface area contributed by atoms with Gasteiger partial charge in [0.1, 0.15) is 5.82 Å². The van der Waals surface area contributed by atoms with Gasteiger partial charge in [0, 0.05) is 17.6 Å². The van der Waals surface area contributed by atoms with Crippen LogP contribution in [0.4, 0.5) is 4.39 Å². The quantitative estimate of drug-likeness (QED) is 0.716. The zero-order valence-electron chi connectivity index (χ0n) is 13.9. The number of benzene rings is 2. The largest absolute Gasteiger partial charge is 0.352 e. The first-order valence-corrected chi connectivity index (χ1v) is 8.90. The molecule has 2 nitrogen and oxygen atoms in total. The van der Waals surface area contributed by atoms with E-state index in [1.165, 1.54) is 44.0 Å². The van der Waals surface area contributed by atoms with Gasteiger partial charge in [-0.25, -0.2) is 4.39 Å². The van der Waals surface area contributed by atoms with Crippen molar-refractivity contribution in [2.45, 2.75) is 25.7 Å². The molecular formula is C21H23FN2. The lowest BCUT2D eigenvalue weighted by Crippen LogP contribution is -2.31. The molecule has 1 fully saturated rings. The molecule has 3 aromatic rings. The van der Waals surface area contributed by atoms with E-state index in [0.717, 1.165) is 29.6 Å². The number of rotatable bonds is 4. The number of para-hydroxylation sites is 1. The number of hydrogen-bond acceptors (Lipinski definition) is 1. The third-order valence-corrected chi connectivity index (χ3v) is 5.08. The lowest BCUT2D eigenvalue weighted by Gasteiger charge is -2.26. The molecule has 0 spiro atoms. The predicted octanol–water partition coefficient (Wildman–Crippen LogP) is 5.00. The van der Waals surface area contributed by atoms with Crippen molar-refractivity contribution in [2.24, 2.45) is 0 Å². The van der Waals surface area contributed by atoms with Gasteiger partial charge in [-0.15, -0.1) is 0 Å². The van der Waals surface area contributed by atoms with Crippen LogP contribution >= 0.6 is 0 Å². The smallest absolute Gasteiger partial charge is 0.147 e. The minimum absolute atomic E-state index is 0.172. The molecule has 0 unspecified atom stereocenters. The van der Waals surface area contributed by atoms with E-state index in [0.29, 0.717) is 5.52 Å². The Labute approximate surface area is 142 Å². The molecule has 124 valence electrons. The van der Waals surface area contributed by atoms with Crippen molar-refractivity contribution >= 4 is 10.9 Å². The van der Waals surface area contributed by atoms with E-state index in [4.69, 9.17) is 0 Å². The second-order valence-electron chi connectivity index (χ2n) is 6.66. The Hall–Kier alpha value is -2.13. The number of halogens is 1. The number of piperidine rings is 1. The highest BCUT2D eigenvalue weighted by Crippen LogP contribution is 2.32. The second-order valence-corrected chi connectivity index (χ2v) is 6.66. The summed E-state index contributed by atoms with van der Waals surface area (Å²) in [5, 5.41) is 1.02. The lowest BCUT2D eigenvalue weighted by molar-refractivity contribution is 0.232. The van der Waals surface area contributed by atoms with Crippen LogP contribution in [-0.4, -0.2) is 29.5 Å². The molecule has 1 N–H and O–H groups in total. The van der Waals surface area contributed by atoms with Crippen LogP contribution in [0.25, 0.3) is 22.2 Å². The van der Waals surface area contributed by atoms with Crippen LogP contribution in [0.5, 0.6) is 0 Å². The van der Waals surface area contributed by atoms with Crippen molar-refractivity contribution in [1.29, 1.82) is 0 Å². The Morgan fingerprint density at radius 1 is 0.917 bits per heavy atom. The van der Waals surface area contributed by atoms with Crippen molar-refractivity contribution in [3.8, 4) is 11.3 Å². The highest BCUT2D eigenvalue weighted by molar-refractivity contribution is 5.91. The maximum atomic E-state index is 14.2. The molecule has 0 atom stereocenters. The summed E-state index contributed by atoms with van der Waals surface area (Å²) >= 11 is 0. The zero-order chi connectivity index (χ0) is 16.4. The molecule has 1 aromatic heterocycles. The van der Waals surface area contributed by atoms with Crippen LogP contribution in [0.15, 0.2) is 48.5 Å². The second kappa shape index (κ2) is 6.78.